The number of amides is 1. The monoisotopic (exact) mass is 420 g/mol. The zero-order valence-electron chi connectivity index (χ0n) is 14.7. The molecule has 1 heterocycles. The van der Waals surface area contributed by atoms with Crippen LogP contribution in [-0.4, -0.2) is 37.6 Å². The van der Waals surface area contributed by atoms with Crippen molar-refractivity contribution in [1.82, 2.24) is 10.2 Å². The smallest absolute Gasteiger partial charge is 0.254 e. The molecule has 1 saturated heterocycles. The molecule has 3 rings (SSSR count). The summed E-state index contributed by atoms with van der Waals surface area (Å²) >= 11 is 3.21. The Bertz CT molecular complexity index is 761. The zero-order valence-corrected chi connectivity index (χ0v) is 16.3. The van der Waals surface area contributed by atoms with Gasteiger partial charge in [0.05, 0.1) is 18.7 Å². The molecule has 1 aliphatic heterocycles. The van der Waals surface area contributed by atoms with Crippen molar-refractivity contribution in [3.8, 4) is 5.75 Å². The van der Waals surface area contributed by atoms with E-state index in [4.69, 9.17) is 4.74 Å². The molecule has 0 spiro atoms. The molecule has 2 aromatic carbocycles. The summed E-state index contributed by atoms with van der Waals surface area (Å²) in [4.78, 5) is 14.8. The first kappa shape index (κ1) is 18.9. The van der Waals surface area contributed by atoms with Crippen LogP contribution < -0.4 is 10.1 Å². The van der Waals surface area contributed by atoms with Crippen molar-refractivity contribution < 1.29 is 13.9 Å². The van der Waals surface area contributed by atoms with Gasteiger partial charge in [-0.2, -0.15) is 0 Å². The normalized spacial score (nSPS) is 15.7. The van der Waals surface area contributed by atoms with Crippen LogP contribution in [0.1, 0.15) is 34.8 Å². The Balaban J connectivity index is 1.73. The first-order chi connectivity index (χ1) is 12.6. The van der Waals surface area contributed by atoms with Crippen LogP contribution in [0.15, 0.2) is 46.9 Å². The fourth-order valence-corrected chi connectivity index (χ4v) is 3.63. The maximum absolute atomic E-state index is 14.0. The lowest BCUT2D eigenvalue weighted by Crippen LogP contribution is -2.37. The summed E-state index contributed by atoms with van der Waals surface area (Å²) < 4.78 is 19.9. The van der Waals surface area contributed by atoms with Gasteiger partial charge in [0, 0.05) is 11.0 Å². The number of rotatable bonds is 6. The summed E-state index contributed by atoms with van der Waals surface area (Å²) in [5, 5.41) is 2.90. The number of ether oxygens (including phenoxy) is 1. The summed E-state index contributed by atoms with van der Waals surface area (Å²) in [5.74, 6) is -0.123. The fourth-order valence-electron chi connectivity index (χ4n) is 3.30. The van der Waals surface area contributed by atoms with Crippen molar-refractivity contribution >= 4 is 21.8 Å². The molecular formula is C20H22BrFN2O2. The van der Waals surface area contributed by atoms with E-state index in [9.17, 15) is 9.18 Å². The van der Waals surface area contributed by atoms with E-state index in [1.807, 2.05) is 24.3 Å². The Morgan fingerprint density at radius 3 is 2.54 bits per heavy atom. The third-order valence-electron chi connectivity index (χ3n) is 4.71. The summed E-state index contributed by atoms with van der Waals surface area (Å²) in [6, 6.07) is 12.4. The van der Waals surface area contributed by atoms with E-state index in [1.165, 1.54) is 12.1 Å². The number of benzene rings is 2. The number of hydrogen-bond acceptors (Lipinski definition) is 3. The van der Waals surface area contributed by atoms with Crippen molar-refractivity contribution in [2.45, 2.75) is 18.9 Å². The minimum atomic E-state index is -0.529. The standard InChI is InChI=1S/C20H22BrFN2O2/c1-26-16-7-4-14(5-8-16)19(24-10-2-3-11-24)13-23-20(25)17-9-6-15(21)12-18(17)22/h4-9,12,19H,2-3,10-11,13H2,1H3,(H,23,25). The lowest BCUT2D eigenvalue weighted by molar-refractivity contribution is 0.0934. The van der Waals surface area contributed by atoms with Crippen molar-refractivity contribution in [3.63, 3.8) is 0 Å². The fraction of sp³-hybridized carbons (Fsp3) is 0.350. The van der Waals surface area contributed by atoms with Crippen molar-refractivity contribution in [3.05, 3.63) is 63.9 Å². The molecule has 0 bridgehead atoms. The number of methoxy groups -OCH3 is 1. The van der Waals surface area contributed by atoms with Gasteiger partial charge < -0.3 is 10.1 Å². The largest absolute Gasteiger partial charge is 0.497 e. The van der Waals surface area contributed by atoms with Crippen LogP contribution in [0.5, 0.6) is 5.75 Å². The van der Waals surface area contributed by atoms with Crippen LogP contribution in [0.4, 0.5) is 4.39 Å². The number of nitrogens with zero attached hydrogens (tertiary/aromatic N) is 1. The van der Waals surface area contributed by atoms with Crippen LogP contribution in [0.25, 0.3) is 0 Å². The Hall–Kier alpha value is -1.92. The van der Waals surface area contributed by atoms with Crippen LogP contribution in [-0.2, 0) is 0 Å². The van der Waals surface area contributed by atoms with E-state index >= 15 is 0 Å². The molecule has 1 fully saturated rings. The minimum Gasteiger partial charge on any atom is -0.497 e. The van der Waals surface area contributed by atoms with E-state index in [-0.39, 0.29) is 11.6 Å². The van der Waals surface area contributed by atoms with Gasteiger partial charge in [-0.05, 0) is 61.8 Å². The molecule has 1 aliphatic rings. The molecule has 1 atom stereocenters. The van der Waals surface area contributed by atoms with Crippen LogP contribution in [0, 0.1) is 5.82 Å². The highest BCUT2D eigenvalue weighted by Crippen LogP contribution is 2.26. The highest BCUT2D eigenvalue weighted by Gasteiger charge is 2.24. The van der Waals surface area contributed by atoms with E-state index in [1.54, 1.807) is 13.2 Å². The molecule has 1 N–H and O–H groups in total. The average Bonchev–Trinajstić information content (AvgIpc) is 3.16. The van der Waals surface area contributed by atoms with Gasteiger partial charge in [0.25, 0.3) is 5.91 Å². The van der Waals surface area contributed by atoms with Gasteiger partial charge in [0.1, 0.15) is 11.6 Å². The first-order valence-corrected chi connectivity index (χ1v) is 9.49. The highest BCUT2D eigenvalue weighted by atomic mass is 79.9. The molecule has 0 saturated carbocycles. The number of carbonyl (C=O) groups excluding carboxylic acids is 1. The second kappa shape index (κ2) is 8.64. The van der Waals surface area contributed by atoms with Crippen molar-refractivity contribution in [2.24, 2.45) is 0 Å². The second-order valence-corrected chi connectivity index (χ2v) is 7.28. The third-order valence-corrected chi connectivity index (χ3v) is 5.21. The highest BCUT2D eigenvalue weighted by molar-refractivity contribution is 9.10. The summed E-state index contributed by atoms with van der Waals surface area (Å²) in [6.07, 6.45) is 2.31. The van der Waals surface area contributed by atoms with Crippen LogP contribution in [0.3, 0.4) is 0 Å². The van der Waals surface area contributed by atoms with Gasteiger partial charge in [-0.3, -0.25) is 9.69 Å². The molecule has 0 aromatic heterocycles. The molecule has 138 valence electrons. The maximum Gasteiger partial charge on any atom is 0.254 e. The van der Waals surface area contributed by atoms with Crippen LogP contribution >= 0.6 is 15.9 Å². The predicted octanol–water partition coefficient (Wildman–Crippen LogP) is 4.16. The summed E-state index contributed by atoms with van der Waals surface area (Å²) in [7, 11) is 1.64. The number of likely N-dealkylation sites (tertiary alicyclic amines) is 1. The number of halogens is 2. The molecular weight excluding hydrogens is 399 g/mol. The Labute approximate surface area is 161 Å². The second-order valence-electron chi connectivity index (χ2n) is 6.37. The summed E-state index contributed by atoms with van der Waals surface area (Å²) in [5.41, 5.74) is 1.17. The van der Waals surface area contributed by atoms with Crippen LogP contribution in [0.2, 0.25) is 0 Å². The van der Waals surface area contributed by atoms with Crippen molar-refractivity contribution in [1.29, 1.82) is 0 Å². The number of carbonyl (C=O) groups is 1. The zero-order chi connectivity index (χ0) is 18.5. The molecule has 26 heavy (non-hydrogen) atoms. The molecule has 0 radical (unpaired) electrons. The van der Waals surface area contributed by atoms with E-state index in [0.717, 1.165) is 37.2 Å². The topological polar surface area (TPSA) is 41.6 Å². The molecule has 1 amide bonds. The van der Waals surface area contributed by atoms with Gasteiger partial charge in [0.15, 0.2) is 0 Å². The lowest BCUT2D eigenvalue weighted by atomic mass is 10.0. The molecule has 2 aromatic rings. The van der Waals surface area contributed by atoms with Gasteiger partial charge >= 0.3 is 0 Å². The quantitative estimate of drug-likeness (QED) is 0.762. The molecule has 6 heteroatoms. The van der Waals surface area contributed by atoms with Gasteiger partial charge in [0.2, 0.25) is 0 Å². The summed E-state index contributed by atoms with van der Waals surface area (Å²) in [6.45, 7) is 2.43. The van der Waals surface area contributed by atoms with E-state index in [2.05, 4.69) is 26.1 Å². The first-order valence-electron chi connectivity index (χ1n) is 8.69. The van der Waals surface area contributed by atoms with Crippen molar-refractivity contribution in [2.75, 3.05) is 26.7 Å². The Kier molecular flexibility index (Phi) is 6.27. The Morgan fingerprint density at radius 1 is 1.23 bits per heavy atom. The molecule has 1 unspecified atom stereocenters. The minimum absolute atomic E-state index is 0.0584. The lowest BCUT2D eigenvalue weighted by Gasteiger charge is -2.28. The predicted molar refractivity (Wildman–Crippen MR) is 103 cm³/mol. The number of nitrogens with one attached hydrogen (secondary N) is 1. The average molecular weight is 421 g/mol. The van der Waals surface area contributed by atoms with Gasteiger partial charge in [-0.15, -0.1) is 0 Å². The van der Waals surface area contributed by atoms with Gasteiger partial charge in [-0.25, -0.2) is 4.39 Å². The molecule has 0 aliphatic carbocycles. The SMILES string of the molecule is COc1ccc(C(CNC(=O)c2ccc(Br)cc2F)N2CCCC2)cc1. The molecule has 4 nitrogen and oxygen atoms in total. The van der Waals surface area contributed by atoms with E-state index < -0.39 is 11.7 Å². The Morgan fingerprint density at radius 2 is 1.92 bits per heavy atom. The van der Waals surface area contributed by atoms with Gasteiger partial charge in [-0.1, -0.05) is 28.1 Å². The number of hydrogen-bond donors (Lipinski definition) is 1. The van der Waals surface area contributed by atoms with E-state index in [0.29, 0.717) is 11.0 Å². The maximum atomic E-state index is 14.0. The third kappa shape index (κ3) is 4.43.